The van der Waals surface area contributed by atoms with Gasteiger partial charge in [0.15, 0.2) is 0 Å². The van der Waals surface area contributed by atoms with Crippen LogP contribution in [0.3, 0.4) is 0 Å². The Hall–Kier alpha value is -1.71. The maximum Gasteiger partial charge on any atom is 0.201 e. The predicted octanol–water partition coefficient (Wildman–Crippen LogP) is 2.75. The summed E-state index contributed by atoms with van der Waals surface area (Å²) in [4.78, 5) is 7.84. The van der Waals surface area contributed by atoms with E-state index in [1.807, 2.05) is 18.2 Å². The van der Waals surface area contributed by atoms with Crippen molar-refractivity contribution >= 4 is 22.7 Å². The average Bonchev–Trinajstić information content (AvgIpc) is 3.22. The zero-order valence-electron chi connectivity index (χ0n) is 10.4. The van der Waals surface area contributed by atoms with Gasteiger partial charge in [-0.05, 0) is 55.2 Å². The Morgan fingerprint density at radius 1 is 1.39 bits per heavy atom. The number of imidazole rings is 1. The molecule has 0 atom stereocenters. The van der Waals surface area contributed by atoms with Gasteiger partial charge in [-0.25, -0.2) is 4.98 Å². The van der Waals surface area contributed by atoms with Crippen molar-refractivity contribution in [1.82, 2.24) is 9.97 Å². The maximum atomic E-state index is 5.77. The van der Waals surface area contributed by atoms with E-state index >= 15 is 0 Å². The third kappa shape index (κ3) is 1.64. The molecule has 1 aromatic carbocycles. The van der Waals surface area contributed by atoms with E-state index in [-0.39, 0.29) is 0 Å². The van der Waals surface area contributed by atoms with Crippen molar-refractivity contribution in [3.8, 4) is 0 Å². The quantitative estimate of drug-likeness (QED) is 0.722. The summed E-state index contributed by atoms with van der Waals surface area (Å²) in [7, 11) is 0. The van der Waals surface area contributed by atoms with E-state index in [2.05, 4.69) is 15.3 Å². The molecular weight excluding hydrogens is 224 g/mol. The monoisotopic (exact) mass is 242 g/mol. The number of rotatable bonds is 4. The van der Waals surface area contributed by atoms with Gasteiger partial charge in [0.2, 0.25) is 5.95 Å². The smallest absolute Gasteiger partial charge is 0.201 e. The molecular formula is C14H18N4. The Labute approximate surface area is 106 Å². The Morgan fingerprint density at radius 2 is 2.22 bits per heavy atom. The molecule has 4 nitrogen and oxygen atoms in total. The summed E-state index contributed by atoms with van der Waals surface area (Å²) in [5.74, 6) is 1.85. The summed E-state index contributed by atoms with van der Waals surface area (Å²) in [6, 6.07) is 5.78. The minimum atomic E-state index is 0.595. The van der Waals surface area contributed by atoms with Crippen LogP contribution in [0.4, 0.5) is 11.6 Å². The molecule has 18 heavy (non-hydrogen) atoms. The molecule has 94 valence electrons. The van der Waals surface area contributed by atoms with Gasteiger partial charge in [0.25, 0.3) is 0 Å². The van der Waals surface area contributed by atoms with Crippen LogP contribution in [0.1, 0.15) is 25.7 Å². The lowest BCUT2D eigenvalue weighted by molar-refractivity contribution is 0.466. The van der Waals surface area contributed by atoms with Crippen LogP contribution in [0.25, 0.3) is 11.0 Å². The number of fused-ring (bicyclic) bond motifs is 1. The summed E-state index contributed by atoms with van der Waals surface area (Å²) in [6.07, 6.45) is 5.63. The fourth-order valence-electron chi connectivity index (χ4n) is 2.96. The first-order valence-corrected chi connectivity index (χ1v) is 6.74. The molecule has 2 aromatic rings. The molecule has 1 aromatic heterocycles. The third-order valence-corrected chi connectivity index (χ3v) is 4.45. The molecule has 1 heterocycles. The topological polar surface area (TPSA) is 66.7 Å². The largest absolute Gasteiger partial charge is 0.399 e. The average molecular weight is 242 g/mol. The van der Waals surface area contributed by atoms with Crippen LogP contribution >= 0.6 is 0 Å². The van der Waals surface area contributed by atoms with Crippen molar-refractivity contribution in [1.29, 1.82) is 0 Å². The molecule has 4 heteroatoms. The van der Waals surface area contributed by atoms with Gasteiger partial charge in [0.1, 0.15) is 0 Å². The fraction of sp³-hybridized carbons (Fsp3) is 0.500. The molecule has 0 radical (unpaired) electrons. The molecule has 4 N–H and O–H groups in total. The number of nitrogen functional groups attached to an aromatic ring is 1. The lowest BCUT2D eigenvalue weighted by Crippen LogP contribution is -2.17. The van der Waals surface area contributed by atoms with Gasteiger partial charge in [-0.3, -0.25) is 0 Å². The van der Waals surface area contributed by atoms with Crippen molar-refractivity contribution in [3.05, 3.63) is 18.2 Å². The first-order valence-electron chi connectivity index (χ1n) is 6.74. The van der Waals surface area contributed by atoms with Gasteiger partial charge in [-0.2, -0.15) is 0 Å². The van der Waals surface area contributed by atoms with Crippen LogP contribution in [0.15, 0.2) is 18.2 Å². The summed E-state index contributed by atoms with van der Waals surface area (Å²) >= 11 is 0. The van der Waals surface area contributed by atoms with E-state index in [4.69, 9.17) is 5.73 Å². The molecule has 0 aliphatic heterocycles. The first kappa shape index (κ1) is 10.2. The standard InChI is InChI=1S/C14H18N4/c15-10-3-4-11-12(7-10)18-13(17-11)16-8-14(5-6-14)9-1-2-9/h3-4,7,9H,1-2,5-6,8,15H2,(H2,16,17,18). The lowest BCUT2D eigenvalue weighted by Gasteiger charge is -2.13. The summed E-state index contributed by atoms with van der Waals surface area (Å²) < 4.78 is 0. The van der Waals surface area contributed by atoms with Crippen molar-refractivity contribution in [3.63, 3.8) is 0 Å². The minimum absolute atomic E-state index is 0.595. The number of H-pyrrole nitrogens is 1. The number of nitrogens with one attached hydrogen (secondary N) is 2. The van der Waals surface area contributed by atoms with Gasteiger partial charge in [0, 0.05) is 12.2 Å². The van der Waals surface area contributed by atoms with Crippen molar-refractivity contribution in [2.24, 2.45) is 11.3 Å². The SMILES string of the molecule is Nc1ccc2nc(NCC3(C4CC4)CC3)[nH]c2c1. The molecule has 2 saturated carbocycles. The number of nitrogens with two attached hydrogens (primary N) is 1. The Morgan fingerprint density at radius 3 is 2.94 bits per heavy atom. The first-order chi connectivity index (χ1) is 8.75. The zero-order valence-corrected chi connectivity index (χ0v) is 10.4. The third-order valence-electron chi connectivity index (χ3n) is 4.45. The van der Waals surface area contributed by atoms with Crippen LogP contribution in [-0.2, 0) is 0 Å². The second-order valence-corrected chi connectivity index (χ2v) is 5.85. The number of aromatic amines is 1. The zero-order chi connectivity index (χ0) is 12.2. The van der Waals surface area contributed by atoms with E-state index in [9.17, 15) is 0 Å². The fourth-order valence-corrected chi connectivity index (χ4v) is 2.96. The van der Waals surface area contributed by atoms with E-state index in [1.165, 1.54) is 25.7 Å². The van der Waals surface area contributed by atoms with Crippen molar-refractivity contribution in [2.45, 2.75) is 25.7 Å². The van der Waals surface area contributed by atoms with Gasteiger partial charge in [-0.1, -0.05) is 0 Å². The van der Waals surface area contributed by atoms with Crippen molar-refractivity contribution < 1.29 is 0 Å². The van der Waals surface area contributed by atoms with Crippen molar-refractivity contribution in [2.75, 3.05) is 17.6 Å². The van der Waals surface area contributed by atoms with Crippen LogP contribution in [0, 0.1) is 11.3 Å². The van der Waals surface area contributed by atoms with E-state index in [0.717, 1.165) is 35.1 Å². The number of hydrogen-bond donors (Lipinski definition) is 3. The molecule has 0 amide bonds. The van der Waals surface area contributed by atoms with Gasteiger partial charge >= 0.3 is 0 Å². The highest BCUT2D eigenvalue weighted by molar-refractivity contribution is 5.80. The maximum absolute atomic E-state index is 5.77. The highest BCUT2D eigenvalue weighted by Gasteiger charge is 2.53. The summed E-state index contributed by atoms with van der Waals surface area (Å²) in [5, 5.41) is 3.47. The number of aromatic nitrogens is 2. The van der Waals surface area contributed by atoms with E-state index in [1.54, 1.807) is 0 Å². The molecule has 4 rings (SSSR count). The minimum Gasteiger partial charge on any atom is -0.399 e. The predicted molar refractivity (Wildman–Crippen MR) is 73.4 cm³/mol. The van der Waals surface area contributed by atoms with Crippen LogP contribution < -0.4 is 11.1 Å². The Balaban J connectivity index is 1.52. The highest BCUT2D eigenvalue weighted by atomic mass is 15.1. The van der Waals surface area contributed by atoms with Crippen LogP contribution in [0.5, 0.6) is 0 Å². The normalized spacial score (nSPS) is 21.1. The van der Waals surface area contributed by atoms with Gasteiger partial charge in [-0.15, -0.1) is 0 Å². The van der Waals surface area contributed by atoms with Crippen LogP contribution in [-0.4, -0.2) is 16.5 Å². The molecule has 0 bridgehead atoms. The second kappa shape index (κ2) is 3.40. The number of anilines is 2. The second-order valence-electron chi connectivity index (χ2n) is 5.85. The van der Waals surface area contributed by atoms with Gasteiger partial charge < -0.3 is 16.0 Å². The molecule has 0 saturated heterocycles. The van der Waals surface area contributed by atoms with Gasteiger partial charge in [0.05, 0.1) is 11.0 Å². The molecule has 0 unspecified atom stereocenters. The van der Waals surface area contributed by atoms with E-state index < -0.39 is 0 Å². The summed E-state index contributed by atoms with van der Waals surface area (Å²) in [5.41, 5.74) is 9.12. The van der Waals surface area contributed by atoms with E-state index in [0.29, 0.717) is 5.41 Å². The lowest BCUT2D eigenvalue weighted by atomic mass is 10.0. The van der Waals surface area contributed by atoms with Crippen LogP contribution in [0.2, 0.25) is 0 Å². The Bertz CT molecular complexity index is 593. The number of nitrogens with zero attached hydrogens (tertiary/aromatic N) is 1. The highest BCUT2D eigenvalue weighted by Crippen LogP contribution is 2.61. The molecule has 2 aliphatic rings. The number of benzene rings is 1. The number of hydrogen-bond acceptors (Lipinski definition) is 3. The molecule has 0 spiro atoms. The summed E-state index contributed by atoms with van der Waals surface area (Å²) in [6.45, 7) is 1.06. The Kier molecular flexibility index (Phi) is 1.93. The molecule has 2 fully saturated rings. The molecule has 2 aliphatic carbocycles.